The van der Waals surface area contributed by atoms with Gasteiger partial charge in [0.05, 0.1) is 0 Å². The molecule has 1 saturated heterocycles. The van der Waals surface area contributed by atoms with E-state index in [4.69, 9.17) is 4.52 Å². The summed E-state index contributed by atoms with van der Waals surface area (Å²) in [4.78, 5) is 19.7. The van der Waals surface area contributed by atoms with Crippen molar-refractivity contribution < 1.29 is 9.32 Å². The Labute approximate surface area is 140 Å². The van der Waals surface area contributed by atoms with Gasteiger partial charge in [0.25, 0.3) is 0 Å². The number of benzene rings is 1. The zero-order chi connectivity index (χ0) is 16.1. The van der Waals surface area contributed by atoms with Crippen molar-refractivity contribution in [3.63, 3.8) is 0 Å². The molecular weight excluding hydrogens is 310 g/mol. The molecule has 0 unspecified atom stereocenters. The molecule has 1 fully saturated rings. The minimum Gasteiger partial charge on any atom is -0.342 e. The average Bonchev–Trinajstić information content (AvgIpc) is 3.21. The molecule has 122 valence electrons. The molecule has 5 nitrogen and oxygen atoms in total. The molecule has 1 amide bonds. The third-order valence-electron chi connectivity index (χ3n) is 3.99. The Kier molecular flexibility index (Phi) is 5.33. The highest BCUT2D eigenvalue weighted by Gasteiger charge is 2.26. The largest absolute Gasteiger partial charge is 0.342 e. The van der Waals surface area contributed by atoms with Gasteiger partial charge in [-0.15, -0.1) is 11.8 Å². The smallest absolute Gasteiger partial charge is 0.227 e. The highest BCUT2D eigenvalue weighted by Crippen LogP contribution is 2.26. The summed E-state index contributed by atoms with van der Waals surface area (Å²) in [5.41, 5.74) is 0. The maximum Gasteiger partial charge on any atom is 0.227 e. The number of hydrogen-bond donors (Lipinski definition) is 0. The Hall–Kier alpha value is -1.82. The van der Waals surface area contributed by atoms with Crippen LogP contribution in [-0.2, 0) is 11.2 Å². The first-order valence-corrected chi connectivity index (χ1v) is 8.94. The highest BCUT2D eigenvalue weighted by atomic mass is 32.2. The molecule has 6 heteroatoms. The standard InChI is InChI=1S/C17H21N3O2S/c1-13-18-16(22-19-13)7-8-17(21)20-10-9-14(11-20)12-23-15-5-3-2-4-6-15/h2-6,14H,7-12H2,1H3/t14-/m0/s1. The normalized spacial score (nSPS) is 17.6. The molecule has 3 rings (SSSR count). The average molecular weight is 331 g/mol. The van der Waals surface area contributed by atoms with Crippen molar-refractivity contribution in [2.45, 2.75) is 31.1 Å². The molecule has 0 radical (unpaired) electrons. The number of likely N-dealkylation sites (tertiary alicyclic amines) is 1. The molecule has 0 bridgehead atoms. The molecule has 0 N–H and O–H groups in total. The summed E-state index contributed by atoms with van der Waals surface area (Å²) in [6.45, 7) is 3.51. The fourth-order valence-electron chi connectivity index (χ4n) is 2.74. The third kappa shape index (κ3) is 4.58. The number of aryl methyl sites for hydroxylation is 2. The number of hydrogen-bond acceptors (Lipinski definition) is 5. The molecule has 0 saturated carbocycles. The monoisotopic (exact) mass is 331 g/mol. The highest BCUT2D eigenvalue weighted by molar-refractivity contribution is 7.99. The lowest BCUT2D eigenvalue weighted by molar-refractivity contribution is -0.130. The van der Waals surface area contributed by atoms with Gasteiger partial charge in [-0.3, -0.25) is 4.79 Å². The van der Waals surface area contributed by atoms with E-state index in [9.17, 15) is 4.79 Å². The minimum absolute atomic E-state index is 0.188. The van der Waals surface area contributed by atoms with Crippen LogP contribution in [0, 0.1) is 12.8 Å². The number of rotatable bonds is 6. The molecule has 0 aliphatic carbocycles. The molecule has 2 aromatic rings. The summed E-state index contributed by atoms with van der Waals surface area (Å²) < 4.78 is 5.05. The summed E-state index contributed by atoms with van der Waals surface area (Å²) >= 11 is 1.87. The Balaban J connectivity index is 1.41. The first kappa shape index (κ1) is 16.1. The number of amides is 1. The number of thioether (sulfide) groups is 1. The molecule has 1 atom stereocenters. The summed E-state index contributed by atoms with van der Waals surface area (Å²) in [6.07, 6.45) is 2.06. The number of aromatic nitrogens is 2. The predicted octanol–water partition coefficient (Wildman–Crippen LogP) is 2.95. The van der Waals surface area contributed by atoms with E-state index >= 15 is 0 Å². The molecule has 2 heterocycles. The van der Waals surface area contributed by atoms with Gasteiger partial charge in [-0.2, -0.15) is 4.98 Å². The van der Waals surface area contributed by atoms with Crippen LogP contribution in [0.5, 0.6) is 0 Å². The Morgan fingerprint density at radius 2 is 2.22 bits per heavy atom. The van der Waals surface area contributed by atoms with Gasteiger partial charge in [0, 0.05) is 36.6 Å². The summed E-state index contributed by atoms with van der Waals surface area (Å²) in [7, 11) is 0. The van der Waals surface area contributed by atoms with Crippen molar-refractivity contribution in [2.75, 3.05) is 18.8 Å². The van der Waals surface area contributed by atoms with Gasteiger partial charge in [-0.25, -0.2) is 0 Å². The van der Waals surface area contributed by atoms with Gasteiger partial charge in [0.2, 0.25) is 11.8 Å². The first-order chi connectivity index (χ1) is 11.2. The number of carbonyl (C=O) groups excluding carboxylic acids is 1. The van der Waals surface area contributed by atoms with E-state index in [2.05, 4.69) is 34.4 Å². The van der Waals surface area contributed by atoms with Crippen molar-refractivity contribution in [3.8, 4) is 0 Å². The second-order valence-electron chi connectivity index (χ2n) is 5.85. The molecule has 1 aliphatic heterocycles. The summed E-state index contributed by atoms with van der Waals surface area (Å²) in [5, 5.41) is 3.74. The van der Waals surface area contributed by atoms with Gasteiger partial charge < -0.3 is 9.42 Å². The van der Waals surface area contributed by atoms with Gasteiger partial charge >= 0.3 is 0 Å². The maximum absolute atomic E-state index is 12.3. The van der Waals surface area contributed by atoms with Crippen LogP contribution in [-0.4, -0.2) is 39.8 Å². The van der Waals surface area contributed by atoms with Gasteiger partial charge in [-0.05, 0) is 31.4 Å². The topological polar surface area (TPSA) is 59.2 Å². The van der Waals surface area contributed by atoms with E-state index in [1.54, 1.807) is 6.92 Å². The van der Waals surface area contributed by atoms with Crippen LogP contribution in [0.15, 0.2) is 39.8 Å². The molecule has 0 spiro atoms. The SMILES string of the molecule is Cc1noc(CCC(=O)N2CC[C@H](CSc3ccccc3)C2)n1. The van der Waals surface area contributed by atoms with Crippen molar-refractivity contribution in [1.29, 1.82) is 0 Å². The first-order valence-electron chi connectivity index (χ1n) is 7.95. The molecule has 1 aromatic carbocycles. The second kappa shape index (κ2) is 7.64. The van der Waals surface area contributed by atoms with Crippen molar-refractivity contribution in [2.24, 2.45) is 5.92 Å². The van der Waals surface area contributed by atoms with Gasteiger partial charge in [0.1, 0.15) is 0 Å². The van der Waals surface area contributed by atoms with Crippen molar-refractivity contribution >= 4 is 17.7 Å². The second-order valence-corrected chi connectivity index (χ2v) is 6.95. The van der Waals surface area contributed by atoms with E-state index < -0.39 is 0 Å². The quantitative estimate of drug-likeness (QED) is 0.762. The Bertz CT molecular complexity index is 644. The van der Waals surface area contributed by atoms with Crippen LogP contribution in [0.1, 0.15) is 24.6 Å². The van der Waals surface area contributed by atoms with E-state index in [1.165, 1.54) is 4.90 Å². The molecule has 1 aliphatic rings. The summed E-state index contributed by atoms with van der Waals surface area (Å²) in [5.74, 6) is 3.00. The van der Waals surface area contributed by atoms with Crippen LogP contribution in [0.4, 0.5) is 0 Å². The lowest BCUT2D eigenvalue weighted by Crippen LogP contribution is -2.29. The van der Waals surface area contributed by atoms with E-state index in [-0.39, 0.29) is 5.91 Å². The minimum atomic E-state index is 0.188. The molecule has 23 heavy (non-hydrogen) atoms. The Morgan fingerprint density at radius 3 is 2.96 bits per heavy atom. The third-order valence-corrected chi connectivity index (χ3v) is 5.23. The van der Waals surface area contributed by atoms with E-state index in [1.807, 2.05) is 22.7 Å². The van der Waals surface area contributed by atoms with Gasteiger partial charge in [-0.1, -0.05) is 23.4 Å². The van der Waals surface area contributed by atoms with Crippen LogP contribution >= 0.6 is 11.8 Å². The lowest BCUT2D eigenvalue weighted by atomic mass is 10.2. The number of nitrogens with zero attached hydrogens (tertiary/aromatic N) is 3. The summed E-state index contributed by atoms with van der Waals surface area (Å²) in [6, 6.07) is 10.4. The van der Waals surface area contributed by atoms with Gasteiger partial charge in [0.15, 0.2) is 5.82 Å². The zero-order valence-electron chi connectivity index (χ0n) is 13.3. The zero-order valence-corrected chi connectivity index (χ0v) is 14.1. The fourth-order valence-corrected chi connectivity index (χ4v) is 3.79. The lowest BCUT2D eigenvalue weighted by Gasteiger charge is -2.16. The van der Waals surface area contributed by atoms with E-state index in [0.717, 1.165) is 25.3 Å². The molecular formula is C17H21N3O2S. The Morgan fingerprint density at radius 1 is 1.39 bits per heavy atom. The fraction of sp³-hybridized carbons (Fsp3) is 0.471. The van der Waals surface area contributed by atoms with E-state index in [0.29, 0.717) is 30.5 Å². The van der Waals surface area contributed by atoms with Crippen LogP contribution < -0.4 is 0 Å². The maximum atomic E-state index is 12.3. The van der Waals surface area contributed by atoms with Crippen molar-refractivity contribution in [1.82, 2.24) is 15.0 Å². The van der Waals surface area contributed by atoms with Crippen LogP contribution in [0.3, 0.4) is 0 Å². The van der Waals surface area contributed by atoms with Crippen molar-refractivity contribution in [3.05, 3.63) is 42.0 Å². The van der Waals surface area contributed by atoms with Crippen LogP contribution in [0.2, 0.25) is 0 Å². The predicted molar refractivity (Wildman–Crippen MR) is 89.2 cm³/mol. The van der Waals surface area contributed by atoms with Crippen LogP contribution in [0.25, 0.3) is 0 Å². The molecule has 1 aromatic heterocycles. The number of carbonyl (C=O) groups is 1.